The predicted octanol–water partition coefficient (Wildman–Crippen LogP) is 2.79. The van der Waals surface area contributed by atoms with Gasteiger partial charge < -0.3 is 0 Å². The zero-order valence-electron chi connectivity index (χ0n) is 6.34. The summed E-state index contributed by atoms with van der Waals surface area (Å²) in [5.74, 6) is 0. The third-order valence-electron chi connectivity index (χ3n) is 1.72. The highest BCUT2D eigenvalue weighted by molar-refractivity contribution is 9.10. The second kappa shape index (κ2) is 3.12. The summed E-state index contributed by atoms with van der Waals surface area (Å²) in [4.78, 5) is 10.6. The van der Waals surface area contributed by atoms with Gasteiger partial charge in [-0.2, -0.15) is 5.10 Å². The maximum atomic E-state index is 10.6. The van der Waals surface area contributed by atoms with Gasteiger partial charge in [-0.25, -0.2) is 0 Å². The van der Waals surface area contributed by atoms with Crippen LogP contribution in [-0.2, 0) is 0 Å². The minimum absolute atomic E-state index is 0.457. The number of carbonyl (C=O) groups excluding carboxylic acids is 1. The van der Waals surface area contributed by atoms with Crippen molar-refractivity contribution in [2.45, 2.75) is 0 Å². The van der Waals surface area contributed by atoms with Crippen molar-refractivity contribution in [3.63, 3.8) is 0 Å². The van der Waals surface area contributed by atoms with E-state index in [1.807, 2.05) is 0 Å². The molecule has 5 heteroatoms. The number of nitrogens with one attached hydrogen (secondary N) is 1. The Morgan fingerprint density at radius 3 is 3.00 bits per heavy atom. The maximum Gasteiger partial charge on any atom is 0.168 e. The molecule has 0 fully saturated rings. The van der Waals surface area contributed by atoms with Gasteiger partial charge in [0, 0.05) is 14.9 Å². The SMILES string of the molecule is O=Cc1[nH]nc2cc(Cl)cc(Br)c12. The normalized spacial score (nSPS) is 10.6. The van der Waals surface area contributed by atoms with Crippen LogP contribution in [0, 0.1) is 0 Å². The number of carbonyl (C=O) groups is 1. The first-order chi connectivity index (χ1) is 6.22. The van der Waals surface area contributed by atoms with E-state index in [2.05, 4.69) is 26.1 Å². The molecular weight excluding hydrogens is 255 g/mol. The van der Waals surface area contributed by atoms with Crippen LogP contribution in [0.2, 0.25) is 5.02 Å². The number of aldehydes is 1. The van der Waals surface area contributed by atoms with Gasteiger partial charge in [-0.05, 0) is 28.1 Å². The van der Waals surface area contributed by atoms with E-state index in [-0.39, 0.29) is 0 Å². The van der Waals surface area contributed by atoms with E-state index >= 15 is 0 Å². The highest BCUT2D eigenvalue weighted by Crippen LogP contribution is 2.28. The second-order valence-corrected chi connectivity index (χ2v) is 3.83. The predicted molar refractivity (Wildman–Crippen MR) is 54.2 cm³/mol. The molecule has 0 saturated heterocycles. The Morgan fingerprint density at radius 1 is 1.54 bits per heavy atom. The van der Waals surface area contributed by atoms with Crippen molar-refractivity contribution in [3.8, 4) is 0 Å². The Balaban J connectivity index is 2.89. The summed E-state index contributed by atoms with van der Waals surface area (Å²) in [6.07, 6.45) is 0.730. The third-order valence-corrected chi connectivity index (χ3v) is 2.56. The largest absolute Gasteiger partial charge is 0.296 e. The quantitative estimate of drug-likeness (QED) is 0.801. The summed E-state index contributed by atoms with van der Waals surface area (Å²) < 4.78 is 0.769. The number of aromatic nitrogens is 2. The number of H-pyrrole nitrogens is 1. The zero-order chi connectivity index (χ0) is 9.42. The Labute approximate surface area is 87.2 Å². The number of hydrogen-bond acceptors (Lipinski definition) is 2. The molecule has 1 aromatic carbocycles. The minimum Gasteiger partial charge on any atom is -0.296 e. The lowest BCUT2D eigenvalue weighted by Gasteiger charge is -1.94. The molecule has 1 N–H and O–H groups in total. The molecule has 66 valence electrons. The molecule has 13 heavy (non-hydrogen) atoms. The fourth-order valence-electron chi connectivity index (χ4n) is 1.18. The van der Waals surface area contributed by atoms with Crippen LogP contribution in [0.4, 0.5) is 0 Å². The standard InChI is InChI=1S/C8H4BrClN2O/c9-5-1-4(10)2-6-8(5)7(3-13)12-11-6/h1-3H,(H,11,12). The fraction of sp³-hybridized carbons (Fsp3) is 0. The number of hydrogen-bond donors (Lipinski definition) is 1. The van der Waals surface area contributed by atoms with Crippen molar-refractivity contribution in [2.24, 2.45) is 0 Å². The average molecular weight is 259 g/mol. The topological polar surface area (TPSA) is 45.8 Å². The van der Waals surface area contributed by atoms with Crippen molar-refractivity contribution in [1.29, 1.82) is 0 Å². The monoisotopic (exact) mass is 258 g/mol. The second-order valence-electron chi connectivity index (χ2n) is 2.54. The molecule has 3 nitrogen and oxygen atoms in total. The van der Waals surface area contributed by atoms with E-state index in [0.29, 0.717) is 16.2 Å². The van der Waals surface area contributed by atoms with Gasteiger partial charge in [0.2, 0.25) is 0 Å². The molecule has 2 rings (SSSR count). The summed E-state index contributed by atoms with van der Waals surface area (Å²) in [6.45, 7) is 0. The van der Waals surface area contributed by atoms with Gasteiger partial charge in [0.1, 0.15) is 5.69 Å². The first kappa shape index (κ1) is 8.72. The van der Waals surface area contributed by atoms with Crippen molar-refractivity contribution in [3.05, 3.63) is 27.3 Å². The third kappa shape index (κ3) is 1.36. The molecular formula is C8H4BrClN2O. The first-order valence-corrected chi connectivity index (χ1v) is 4.68. The molecule has 0 bridgehead atoms. The molecule has 1 aromatic heterocycles. The lowest BCUT2D eigenvalue weighted by molar-refractivity contribution is 0.112. The Kier molecular flexibility index (Phi) is 2.09. The van der Waals surface area contributed by atoms with E-state index in [0.717, 1.165) is 16.1 Å². The molecule has 0 saturated carbocycles. The van der Waals surface area contributed by atoms with Gasteiger partial charge in [0.05, 0.1) is 5.52 Å². The number of nitrogens with zero attached hydrogens (tertiary/aromatic N) is 1. The van der Waals surface area contributed by atoms with Gasteiger partial charge in [-0.1, -0.05) is 11.6 Å². The van der Waals surface area contributed by atoms with Gasteiger partial charge >= 0.3 is 0 Å². The maximum absolute atomic E-state index is 10.6. The van der Waals surface area contributed by atoms with Crippen LogP contribution in [-0.4, -0.2) is 16.5 Å². The zero-order valence-corrected chi connectivity index (χ0v) is 8.69. The van der Waals surface area contributed by atoms with Crippen LogP contribution in [0.3, 0.4) is 0 Å². The molecule has 0 amide bonds. The molecule has 0 spiro atoms. The van der Waals surface area contributed by atoms with Gasteiger partial charge in [-0.15, -0.1) is 0 Å². The van der Waals surface area contributed by atoms with Crippen LogP contribution in [0.25, 0.3) is 10.9 Å². The van der Waals surface area contributed by atoms with Gasteiger partial charge in [0.15, 0.2) is 6.29 Å². The summed E-state index contributed by atoms with van der Waals surface area (Å²) >= 11 is 9.12. The number of aromatic amines is 1. The highest BCUT2D eigenvalue weighted by atomic mass is 79.9. The fourth-order valence-corrected chi connectivity index (χ4v) is 2.18. The number of rotatable bonds is 1. The number of halogens is 2. The highest BCUT2D eigenvalue weighted by Gasteiger charge is 2.08. The Hall–Kier alpha value is -0.870. The molecule has 0 atom stereocenters. The summed E-state index contributed by atoms with van der Waals surface area (Å²) in [5, 5.41) is 7.91. The molecule has 1 heterocycles. The molecule has 0 aliphatic heterocycles. The smallest absolute Gasteiger partial charge is 0.168 e. The summed E-state index contributed by atoms with van der Waals surface area (Å²) in [7, 11) is 0. The van der Waals surface area contributed by atoms with Crippen LogP contribution in [0.1, 0.15) is 10.5 Å². The molecule has 0 unspecified atom stereocenters. The van der Waals surface area contributed by atoms with Crippen molar-refractivity contribution >= 4 is 44.7 Å². The van der Waals surface area contributed by atoms with E-state index in [1.165, 1.54) is 0 Å². The number of benzene rings is 1. The van der Waals surface area contributed by atoms with Crippen LogP contribution >= 0.6 is 27.5 Å². The van der Waals surface area contributed by atoms with Crippen LogP contribution < -0.4 is 0 Å². The van der Waals surface area contributed by atoms with E-state index in [1.54, 1.807) is 12.1 Å². The van der Waals surface area contributed by atoms with E-state index < -0.39 is 0 Å². The molecule has 2 aromatic rings. The minimum atomic E-state index is 0.457. The van der Waals surface area contributed by atoms with Gasteiger partial charge in [0.25, 0.3) is 0 Å². The first-order valence-electron chi connectivity index (χ1n) is 3.50. The van der Waals surface area contributed by atoms with E-state index in [9.17, 15) is 4.79 Å². The molecule has 0 aliphatic rings. The average Bonchev–Trinajstić information content (AvgIpc) is 2.47. The van der Waals surface area contributed by atoms with E-state index in [4.69, 9.17) is 11.6 Å². The van der Waals surface area contributed by atoms with Gasteiger partial charge in [-0.3, -0.25) is 9.89 Å². The number of fused-ring (bicyclic) bond motifs is 1. The molecule has 0 aliphatic carbocycles. The Bertz CT molecular complexity index is 480. The lowest BCUT2D eigenvalue weighted by atomic mass is 10.2. The van der Waals surface area contributed by atoms with Crippen molar-refractivity contribution < 1.29 is 4.79 Å². The van der Waals surface area contributed by atoms with Crippen LogP contribution in [0.15, 0.2) is 16.6 Å². The lowest BCUT2D eigenvalue weighted by Crippen LogP contribution is -1.79. The Morgan fingerprint density at radius 2 is 2.31 bits per heavy atom. The molecule has 0 radical (unpaired) electrons. The summed E-state index contributed by atoms with van der Waals surface area (Å²) in [5.41, 5.74) is 1.14. The van der Waals surface area contributed by atoms with Crippen molar-refractivity contribution in [2.75, 3.05) is 0 Å². The summed E-state index contributed by atoms with van der Waals surface area (Å²) in [6, 6.07) is 3.43. The van der Waals surface area contributed by atoms with Crippen LogP contribution in [0.5, 0.6) is 0 Å². The van der Waals surface area contributed by atoms with Crippen molar-refractivity contribution in [1.82, 2.24) is 10.2 Å².